The molecular formula is C53H34N8. The molecule has 4 aromatic heterocycles. The van der Waals surface area contributed by atoms with Crippen molar-refractivity contribution in [1.29, 1.82) is 0 Å². The van der Waals surface area contributed by atoms with Gasteiger partial charge in [0.2, 0.25) is 0 Å². The van der Waals surface area contributed by atoms with Crippen LogP contribution in [0, 0.1) is 0 Å². The number of hydrogen-bond acceptors (Lipinski definition) is 7. The largest absolute Gasteiger partial charge is 0.308 e. The first-order valence-corrected chi connectivity index (χ1v) is 20.1. The van der Waals surface area contributed by atoms with Gasteiger partial charge < -0.3 is 4.57 Å². The van der Waals surface area contributed by atoms with E-state index in [1.54, 1.807) is 0 Å². The Hall–Kier alpha value is -8.49. The van der Waals surface area contributed by atoms with E-state index in [1.165, 1.54) is 0 Å². The fraction of sp³-hybridized carbons (Fsp3) is 0. The maximum Gasteiger partial charge on any atom is 0.166 e. The van der Waals surface area contributed by atoms with Crippen LogP contribution in [0.2, 0.25) is 0 Å². The van der Waals surface area contributed by atoms with Crippen LogP contribution in [-0.4, -0.2) is 39.5 Å². The number of pyridine rings is 1. The molecule has 11 rings (SSSR count). The van der Waals surface area contributed by atoms with E-state index in [1.807, 2.05) is 152 Å². The van der Waals surface area contributed by atoms with Crippen LogP contribution in [0.4, 0.5) is 0 Å². The Morgan fingerprint density at radius 2 is 0.721 bits per heavy atom. The van der Waals surface area contributed by atoms with Crippen molar-refractivity contribution < 1.29 is 0 Å². The van der Waals surface area contributed by atoms with Gasteiger partial charge in [-0.3, -0.25) is 4.98 Å². The third kappa shape index (κ3) is 6.68. The van der Waals surface area contributed by atoms with E-state index in [9.17, 15) is 0 Å². The molecule has 7 aromatic carbocycles. The van der Waals surface area contributed by atoms with Gasteiger partial charge in [-0.15, -0.1) is 0 Å². The zero-order valence-electron chi connectivity index (χ0n) is 32.7. The number of fused-ring (bicyclic) bond motifs is 3. The van der Waals surface area contributed by atoms with Gasteiger partial charge in [0.05, 0.1) is 22.4 Å². The molecule has 0 saturated carbocycles. The molecule has 0 N–H and O–H groups in total. The van der Waals surface area contributed by atoms with E-state index in [0.717, 1.165) is 72.1 Å². The van der Waals surface area contributed by atoms with Gasteiger partial charge >= 0.3 is 0 Å². The maximum absolute atomic E-state index is 5.25. The third-order valence-electron chi connectivity index (χ3n) is 10.8. The zero-order chi connectivity index (χ0) is 40.5. The molecule has 0 saturated heterocycles. The van der Waals surface area contributed by atoms with Crippen molar-refractivity contribution in [1.82, 2.24) is 39.5 Å². The highest BCUT2D eigenvalue weighted by atomic mass is 15.1. The minimum Gasteiger partial charge on any atom is -0.308 e. The van der Waals surface area contributed by atoms with Crippen molar-refractivity contribution in [2.45, 2.75) is 0 Å². The molecule has 0 radical (unpaired) electrons. The van der Waals surface area contributed by atoms with Crippen molar-refractivity contribution in [3.8, 4) is 85.3 Å². The summed E-state index contributed by atoms with van der Waals surface area (Å²) in [6.07, 6.45) is 1.83. The van der Waals surface area contributed by atoms with Crippen molar-refractivity contribution in [2.24, 2.45) is 0 Å². The molecule has 0 aliphatic rings. The summed E-state index contributed by atoms with van der Waals surface area (Å²) >= 11 is 0. The molecule has 4 heterocycles. The summed E-state index contributed by atoms with van der Waals surface area (Å²) in [4.78, 5) is 35.8. The van der Waals surface area contributed by atoms with Gasteiger partial charge in [0.15, 0.2) is 34.9 Å². The fourth-order valence-corrected chi connectivity index (χ4v) is 7.91. The Morgan fingerprint density at radius 1 is 0.295 bits per heavy atom. The molecule has 11 aromatic rings. The Labute approximate surface area is 351 Å². The molecule has 0 aliphatic carbocycles. The summed E-state index contributed by atoms with van der Waals surface area (Å²) in [5, 5.41) is 2.17. The average molecular weight is 783 g/mol. The highest BCUT2D eigenvalue weighted by molar-refractivity contribution is 6.11. The summed E-state index contributed by atoms with van der Waals surface area (Å²) in [6, 6.07) is 67.4. The first-order valence-electron chi connectivity index (χ1n) is 20.1. The Morgan fingerprint density at radius 3 is 1.20 bits per heavy atom. The maximum atomic E-state index is 5.25. The summed E-state index contributed by atoms with van der Waals surface area (Å²) in [7, 11) is 0. The monoisotopic (exact) mass is 782 g/mol. The number of hydrogen-bond donors (Lipinski definition) is 0. The summed E-state index contributed by atoms with van der Waals surface area (Å²) in [6.45, 7) is 0. The lowest BCUT2D eigenvalue weighted by Gasteiger charge is -2.19. The summed E-state index contributed by atoms with van der Waals surface area (Å²) in [5.41, 5.74) is 9.88. The molecule has 8 nitrogen and oxygen atoms in total. The molecule has 0 aliphatic heterocycles. The smallest absolute Gasteiger partial charge is 0.166 e. The average Bonchev–Trinajstić information content (AvgIpc) is 3.68. The van der Waals surface area contributed by atoms with E-state index in [0.29, 0.717) is 34.9 Å². The van der Waals surface area contributed by atoms with E-state index in [-0.39, 0.29) is 0 Å². The van der Waals surface area contributed by atoms with Crippen LogP contribution < -0.4 is 0 Å². The molecular weight excluding hydrogens is 749 g/mol. The van der Waals surface area contributed by atoms with Crippen LogP contribution in [0.1, 0.15) is 0 Å². The molecule has 0 bridgehead atoms. The van der Waals surface area contributed by atoms with Crippen LogP contribution >= 0.6 is 0 Å². The second-order valence-electron chi connectivity index (χ2n) is 14.6. The van der Waals surface area contributed by atoms with Crippen LogP contribution in [0.3, 0.4) is 0 Å². The number of rotatable bonds is 8. The number of para-hydroxylation sites is 2. The Balaban J connectivity index is 1.25. The summed E-state index contributed by atoms with van der Waals surface area (Å²) < 4.78 is 2.31. The van der Waals surface area contributed by atoms with Crippen molar-refractivity contribution in [3.63, 3.8) is 0 Å². The first kappa shape index (κ1) is 35.7. The van der Waals surface area contributed by atoms with E-state index in [2.05, 4.69) is 64.1 Å². The number of nitrogens with zero attached hydrogens (tertiary/aromatic N) is 8. The molecule has 0 spiro atoms. The molecule has 0 amide bonds. The van der Waals surface area contributed by atoms with Gasteiger partial charge in [0.1, 0.15) is 0 Å². The number of benzene rings is 7. The number of aromatic nitrogens is 8. The Bertz CT molecular complexity index is 3080. The topological polar surface area (TPSA) is 95.2 Å². The van der Waals surface area contributed by atoms with Gasteiger partial charge in [-0.25, -0.2) is 29.9 Å². The van der Waals surface area contributed by atoms with E-state index < -0.39 is 0 Å². The zero-order valence-corrected chi connectivity index (χ0v) is 32.7. The first-order chi connectivity index (χ1) is 30.2. The third-order valence-corrected chi connectivity index (χ3v) is 10.8. The van der Waals surface area contributed by atoms with Gasteiger partial charge in [0, 0.05) is 55.9 Å². The van der Waals surface area contributed by atoms with Crippen LogP contribution in [0.15, 0.2) is 206 Å². The molecule has 8 heteroatoms. The predicted molar refractivity (Wildman–Crippen MR) is 243 cm³/mol. The minimum absolute atomic E-state index is 0.515. The molecule has 0 unspecified atom stereocenters. The standard InChI is InChI=1S/C53H34N8/c1-5-18-35(19-6-1)48-55-49(36-20-7-2-8-21-36)58-52(57-48)41-27-17-28-42(53-59-50(37-22-9-3-10-23-37)56-51(60-53)38-24-11-4-12-25-38)47(41)61-45-30-14-13-26-40(45)43-34-39(31-32-46(43)61)44-29-15-16-33-54-44/h1-34H. The predicted octanol–water partition coefficient (Wildman–Crippen LogP) is 12.2. The van der Waals surface area contributed by atoms with Crippen molar-refractivity contribution in [2.75, 3.05) is 0 Å². The highest BCUT2D eigenvalue weighted by Crippen LogP contribution is 2.42. The highest BCUT2D eigenvalue weighted by Gasteiger charge is 2.25. The van der Waals surface area contributed by atoms with E-state index >= 15 is 0 Å². The lowest BCUT2D eigenvalue weighted by atomic mass is 10.0. The van der Waals surface area contributed by atoms with Gasteiger partial charge in [-0.1, -0.05) is 158 Å². The van der Waals surface area contributed by atoms with Crippen LogP contribution in [-0.2, 0) is 0 Å². The minimum atomic E-state index is 0.515. The Kier molecular flexibility index (Phi) is 8.98. The van der Waals surface area contributed by atoms with Gasteiger partial charge in [-0.2, -0.15) is 0 Å². The quantitative estimate of drug-likeness (QED) is 0.151. The normalized spacial score (nSPS) is 11.3. The summed E-state index contributed by atoms with van der Waals surface area (Å²) in [5.74, 6) is 3.31. The second kappa shape index (κ2) is 15.4. The lowest BCUT2D eigenvalue weighted by Crippen LogP contribution is -2.07. The van der Waals surface area contributed by atoms with Gasteiger partial charge in [0.25, 0.3) is 0 Å². The fourth-order valence-electron chi connectivity index (χ4n) is 7.91. The molecule has 0 atom stereocenters. The van der Waals surface area contributed by atoms with Crippen molar-refractivity contribution in [3.05, 3.63) is 206 Å². The lowest BCUT2D eigenvalue weighted by molar-refractivity contribution is 1.05. The van der Waals surface area contributed by atoms with Crippen molar-refractivity contribution >= 4 is 21.8 Å². The molecule has 61 heavy (non-hydrogen) atoms. The molecule has 0 fully saturated rings. The van der Waals surface area contributed by atoms with Gasteiger partial charge in [-0.05, 0) is 42.5 Å². The van der Waals surface area contributed by atoms with E-state index in [4.69, 9.17) is 29.9 Å². The molecule has 286 valence electrons. The van der Waals surface area contributed by atoms with Crippen LogP contribution in [0.5, 0.6) is 0 Å². The van der Waals surface area contributed by atoms with Crippen LogP contribution in [0.25, 0.3) is 107 Å². The second-order valence-corrected chi connectivity index (χ2v) is 14.6. The SMILES string of the molecule is c1ccc(-c2nc(-c3ccccc3)nc(-c3cccc(-c4nc(-c5ccccc5)nc(-c5ccccc5)n4)c3-n3c4ccccc4c4cc(-c5ccccn5)ccc43)n2)cc1.